The van der Waals surface area contributed by atoms with Crippen LogP contribution in [0.3, 0.4) is 0 Å². The normalized spacial score (nSPS) is 11.6. The lowest BCUT2D eigenvalue weighted by atomic mass is 10.3. The fourth-order valence-electron chi connectivity index (χ4n) is 1.55. The zero-order chi connectivity index (χ0) is 14.8. The Labute approximate surface area is 138 Å². The van der Waals surface area contributed by atoms with Crippen LogP contribution in [0.25, 0.3) is 0 Å². The van der Waals surface area contributed by atoms with Crippen LogP contribution in [0, 0.1) is 0 Å². The number of halogens is 2. The van der Waals surface area contributed by atoms with Crippen molar-refractivity contribution in [3.05, 3.63) is 44.2 Å². The number of rotatable bonds is 5. The Bertz CT molecular complexity index is 694. The van der Waals surface area contributed by atoms with Gasteiger partial charge < -0.3 is 5.32 Å². The van der Waals surface area contributed by atoms with Crippen molar-refractivity contribution in [3.8, 4) is 0 Å². The molecular weight excluding hydrogens is 428 g/mol. The van der Waals surface area contributed by atoms with Crippen LogP contribution in [0.1, 0.15) is 4.88 Å². The first-order valence-electron chi connectivity index (χ1n) is 5.64. The molecule has 4 nitrogen and oxygen atoms in total. The molecule has 2 N–H and O–H groups in total. The van der Waals surface area contributed by atoms with Crippen LogP contribution in [-0.4, -0.2) is 15.5 Å². The van der Waals surface area contributed by atoms with Crippen molar-refractivity contribution >= 4 is 58.9 Å². The third-order valence-corrected chi connectivity index (χ3v) is 6.70. The molecule has 0 aliphatic carbocycles. The summed E-state index contributed by atoms with van der Waals surface area (Å²) in [6.07, 6.45) is 0. The topological polar surface area (TPSA) is 58.2 Å². The molecule has 8 heteroatoms. The van der Waals surface area contributed by atoms with E-state index in [1.54, 1.807) is 18.2 Å². The lowest BCUT2D eigenvalue weighted by Gasteiger charge is -2.10. The first-order chi connectivity index (χ1) is 9.44. The molecule has 1 aromatic carbocycles. The van der Waals surface area contributed by atoms with E-state index < -0.39 is 10.0 Å². The largest absolute Gasteiger partial charge is 0.315 e. The second kappa shape index (κ2) is 6.57. The van der Waals surface area contributed by atoms with Gasteiger partial charge in [-0.05, 0) is 63.2 Å². The molecule has 0 spiro atoms. The first kappa shape index (κ1) is 16.0. The fourth-order valence-corrected chi connectivity index (χ4v) is 5.48. The molecule has 0 radical (unpaired) electrons. The van der Waals surface area contributed by atoms with Gasteiger partial charge in [0.1, 0.15) is 4.21 Å². The van der Waals surface area contributed by atoms with E-state index in [9.17, 15) is 8.42 Å². The predicted molar refractivity (Wildman–Crippen MR) is 89.7 cm³/mol. The fraction of sp³-hybridized carbons (Fsp3) is 0.167. The third-order valence-electron chi connectivity index (χ3n) is 2.45. The summed E-state index contributed by atoms with van der Waals surface area (Å²) in [6.45, 7) is 0.652. The van der Waals surface area contributed by atoms with Crippen LogP contribution >= 0.6 is 43.2 Å². The van der Waals surface area contributed by atoms with Gasteiger partial charge in [-0.15, -0.1) is 11.3 Å². The summed E-state index contributed by atoms with van der Waals surface area (Å²) in [5.41, 5.74) is 0.496. The van der Waals surface area contributed by atoms with Gasteiger partial charge in [-0.25, -0.2) is 8.42 Å². The van der Waals surface area contributed by atoms with Crippen LogP contribution in [-0.2, 0) is 16.6 Å². The molecule has 0 aliphatic rings. The summed E-state index contributed by atoms with van der Waals surface area (Å²) in [4.78, 5) is 0.971. The van der Waals surface area contributed by atoms with Crippen molar-refractivity contribution in [2.45, 2.75) is 10.8 Å². The molecule has 108 valence electrons. The number of para-hydroxylation sites is 1. The Balaban J connectivity index is 2.31. The minimum Gasteiger partial charge on any atom is -0.315 e. The maximum absolute atomic E-state index is 12.4. The minimum absolute atomic E-state index is 0.297. The van der Waals surface area contributed by atoms with Gasteiger partial charge in [-0.3, -0.25) is 4.72 Å². The van der Waals surface area contributed by atoms with Gasteiger partial charge >= 0.3 is 0 Å². The number of sulfonamides is 1. The third kappa shape index (κ3) is 3.62. The van der Waals surface area contributed by atoms with Gasteiger partial charge in [0.25, 0.3) is 10.0 Å². The minimum atomic E-state index is -3.58. The summed E-state index contributed by atoms with van der Waals surface area (Å²) in [5, 5.41) is 3.00. The molecule has 20 heavy (non-hydrogen) atoms. The number of hydrogen-bond donors (Lipinski definition) is 2. The van der Waals surface area contributed by atoms with Crippen LogP contribution in [0.5, 0.6) is 0 Å². The molecule has 2 aromatic rings. The summed E-state index contributed by atoms with van der Waals surface area (Å²) >= 11 is 7.93. The molecule has 0 aliphatic heterocycles. The Morgan fingerprint density at radius 2 is 1.80 bits per heavy atom. The Hall–Kier alpha value is -0.410. The van der Waals surface area contributed by atoms with Gasteiger partial charge in [0, 0.05) is 20.4 Å². The number of anilines is 1. The van der Waals surface area contributed by atoms with E-state index in [1.807, 2.05) is 19.2 Å². The highest BCUT2D eigenvalue weighted by Gasteiger charge is 2.19. The molecule has 0 fully saturated rings. The molecule has 0 amide bonds. The number of benzene rings is 1. The first-order valence-corrected chi connectivity index (χ1v) is 9.53. The van der Waals surface area contributed by atoms with Gasteiger partial charge in [-0.1, -0.05) is 6.07 Å². The zero-order valence-electron chi connectivity index (χ0n) is 10.5. The van der Waals surface area contributed by atoms with Crippen molar-refractivity contribution in [1.82, 2.24) is 5.32 Å². The van der Waals surface area contributed by atoms with E-state index in [2.05, 4.69) is 41.9 Å². The molecule has 0 saturated carbocycles. The standard InChI is InChI=1S/C12H12Br2N2O2S2/c1-15-7-8-5-6-11(19-8)20(17,18)16-12-9(13)3-2-4-10(12)14/h2-6,15-16H,7H2,1H3. The van der Waals surface area contributed by atoms with Gasteiger partial charge in [0.05, 0.1) is 5.69 Å². The zero-order valence-corrected chi connectivity index (χ0v) is 15.3. The van der Waals surface area contributed by atoms with E-state index >= 15 is 0 Å². The SMILES string of the molecule is CNCc1ccc(S(=O)(=O)Nc2c(Br)cccc2Br)s1. The van der Waals surface area contributed by atoms with E-state index in [1.165, 1.54) is 11.3 Å². The molecule has 0 saturated heterocycles. The lowest BCUT2D eigenvalue weighted by molar-refractivity contribution is 0.603. The predicted octanol–water partition coefficient (Wildman–Crippen LogP) is 3.79. The highest BCUT2D eigenvalue weighted by molar-refractivity contribution is 9.11. The highest BCUT2D eigenvalue weighted by Crippen LogP contribution is 2.33. The maximum Gasteiger partial charge on any atom is 0.271 e. The second-order valence-corrected chi connectivity index (χ2v) is 8.74. The van der Waals surface area contributed by atoms with Gasteiger partial charge in [-0.2, -0.15) is 0 Å². The molecule has 0 unspecified atom stereocenters. The monoisotopic (exact) mass is 438 g/mol. The van der Waals surface area contributed by atoms with Gasteiger partial charge in [0.15, 0.2) is 0 Å². The highest BCUT2D eigenvalue weighted by atomic mass is 79.9. The van der Waals surface area contributed by atoms with Gasteiger partial charge in [0.2, 0.25) is 0 Å². The average molecular weight is 440 g/mol. The molecule has 2 rings (SSSR count). The Kier molecular flexibility index (Phi) is 5.25. The van der Waals surface area contributed by atoms with Crippen molar-refractivity contribution in [2.75, 3.05) is 11.8 Å². The van der Waals surface area contributed by atoms with Crippen molar-refractivity contribution in [2.24, 2.45) is 0 Å². The van der Waals surface area contributed by atoms with Crippen LogP contribution in [0.4, 0.5) is 5.69 Å². The molecule has 1 heterocycles. The molecule has 0 atom stereocenters. The average Bonchev–Trinajstić information content (AvgIpc) is 2.84. The molecule has 0 bridgehead atoms. The molecular formula is C12H12Br2N2O2S2. The van der Waals surface area contributed by atoms with Crippen molar-refractivity contribution in [1.29, 1.82) is 0 Å². The lowest BCUT2D eigenvalue weighted by Crippen LogP contribution is -2.12. The summed E-state index contributed by atoms with van der Waals surface area (Å²) in [7, 11) is -1.75. The van der Waals surface area contributed by atoms with E-state index in [0.29, 0.717) is 25.4 Å². The summed E-state index contributed by atoms with van der Waals surface area (Å²) in [6, 6.07) is 8.81. The van der Waals surface area contributed by atoms with Crippen molar-refractivity contribution < 1.29 is 8.42 Å². The number of nitrogens with one attached hydrogen (secondary N) is 2. The number of thiophene rings is 1. The van der Waals surface area contributed by atoms with Crippen molar-refractivity contribution in [3.63, 3.8) is 0 Å². The quantitative estimate of drug-likeness (QED) is 0.744. The Morgan fingerprint density at radius 3 is 2.40 bits per heavy atom. The summed E-state index contributed by atoms with van der Waals surface area (Å²) < 4.78 is 29.0. The van der Waals surface area contributed by atoms with Crippen LogP contribution < -0.4 is 10.0 Å². The summed E-state index contributed by atoms with van der Waals surface area (Å²) in [5.74, 6) is 0. The van der Waals surface area contributed by atoms with E-state index in [4.69, 9.17) is 0 Å². The van der Waals surface area contributed by atoms with E-state index in [-0.39, 0.29) is 0 Å². The number of hydrogen-bond acceptors (Lipinski definition) is 4. The smallest absolute Gasteiger partial charge is 0.271 e. The second-order valence-electron chi connectivity index (χ2n) is 3.95. The maximum atomic E-state index is 12.4. The van der Waals surface area contributed by atoms with Crippen LogP contribution in [0.2, 0.25) is 0 Å². The van der Waals surface area contributed by atoms with Crippen LogP contribution in [0.15, 0.2) is 43.5 Å². The Morgan fingerprint density at radius 1 is 1.15 bits per heavy atom. The molecule has 1 aromatic heterocycles. The van der Waals surface area contributed by atoms with E-state index in [0.717, 1.165) is 4.88 Å².